The normalized spacial score (nSPS) is 10.7. The van der Waals surface area contributed by atoms with E-state index in [1.807, 2.05) is 26.0 Å². The Kier molecular flexibility index (Phi) is 7.79. The van der Waals surface area contributed by atoms with Crippen molar-refractivity contribution in [2.24, 2.45) is 0 Å². The van der Waals surface area contributed by atoms with Crippen molar-refractivity contribution in [1.82, 2.24) is 30.6 Å². The first-order valence-electron chi connectivity index (χ1n) is 10.1. The van der Waals surface area contributed by atoms with Gasteiger partial charge in [-0.2, -0.15) is 9.67 Å². The monoisotopic (exact) mass is 491 g/mol. The number of nitrogens with one attached hydrogen (secondary N) is 2. The molecule has 2 N–H and O–H groups in total. The summed E-state index contributed by atoms with van der Waals surface area (Å²) in [5, 5.41) is 23.5. The van der Waals surface area contributed by atoms with E-state index in [1.165, 1.54) is 4.68 Å². The molecular formula is C20H22ClN7O6. The van der Waals surface area contributed by atoms with Crippen LogP contribution in [0.5, 0.6) is 5.75 Å². The number of aromatic nitrogens is 4. The molecule has 0 atom stereocenters. The van der Waals surface area contributed by atoms with Crippen LogP contribution >= 0.6 is 11.6 Å². The second-order valence-corrected chi connectivity index (χ2v) is 7.69. The lowest BCUT2D eigenvalue weighted by molar-refractivity contribution is -0.389. The molecule has 34 heavy (non-hydrogen) atoms. The number of hydrogen-bond acceptors (Lipinski definition) is 9. The van der Waals surface area contributed by atoms with Crippen LogP contribution in [0.15, 0.2) is 22.7 Å². The summed E-state index contributed by atoms with van der Waals surface area (Å²) in [6, 6.07) is 5.66. The highest BCUT2D eigenvalue weighted by Gasteiger charge is 2.25. The molecule has 0 aliphatic carbocycles. The van der Waals surface area contributed by atoms with Gasteiger partial charge >= 0.3 is 17.6 Å². The first-order chi connectivity index (χ1) is 16.2. The minimum absolute atomic E-state index is 0.0767. The van der Waals surface area contributed by atoms with Gasteiger partial charge in [-0.05, 0) is 37.3 Å². The van der Waals surface area contributed by atoms with Crippen molar-refractivity contribution in [3.63, 3.8) is 0 Å². The number of nitrogens with zero attached hydrogens (tertiary/aromatic N) is 5. The number of carbonyl (C=O) groups is 2. The number of amides is 2. The SMILES string of the molecule is Cc1ccc(OCC(=O)NCCNC(=O)c2nc(Cn3nc([N+](=O)[O-])c(Cl)c3C)no2)c(C)c1. The van der Waals surface area contributed by atoms with Crippen LogP contribution in [0.4, 0.5) is 5.82 Å². The minimum Gasteiger partial charge on any atom is -0.484 e. The van der Waals surface area contributed by atoms with Crippen molar-refractivity contribution in [3.8, 4) is 5.75 Å². The molecule has 3 aromatic rings. The van der Waals surface area contributed by atoms with Gasteiger partial charge in [0, 0.05) is 13.1 Å². The van der Waals surface area contributed by atoms with Crippen LogP contribution < -0.4 is 15.4 Å². The standard InChI is InChI=1S/C20H22ClN7O6/c1-11-4-5-14(12(2)8-11)33-10-16(29)22-6-7-23-19(30)20-24-15(26-34-20)9-27-13(3)17(21)18(25-27)28(31)32/h4-5,8H,6-7,9-10H2,1-3H3,(H,22,29)(H,23,30). The van der Waals surface area contributed by atoms with Crippen molar-refractivity contribution in [1.29, 1.82) is 0 Å². The fraction of sp³-hybridized carbons (Fsp3) is 0.350. The predicted octanol–water partition coefficient (Wildman–Crippen LogP) is 1.73. The number of aryl methyl sites for hydroxylation is 2. The Balaban J connectivity index is 1.42. The second-order valence-electron chi connectivity index (χ2n) is 7.32. The summed E-state index contributed by atoms with van der Waals surface area (Å²) in [5.74, 6) is -1.05. The zero-order chi connectivity index (χ0) is 24.8. The van der Waals surface area contributed by atoms with Crippen molar-refractivity contribution in [2.45, 2.75) is 27.3 Å². The number of nitro groups is 1. The first kappa shape index (κ1) is 24.6. The molecule has 1 aromatic carbocycles. The molecule has 0 bridgehead atoms. The molecule has 0 fully saturated rings. The summed E-state index contributed by atoms with van der Waals surface area (Å²) < 4.78 is 11.7. The first-order valence-corrected chi connectivity index (χ1v) is 10.5. The molecule has 14 heteroatoms. The largest absolute Gasteiger partial charge is 0.484 e. The lowest BCUT2D eigenvalue weighted by Gasteiger charge is -2.10. The number of rotatable bonds is 10. The lowest BCUT2D eigenvalue weighted by atomic mass is 10.1. The third kappa shape index (κ3) is 6.07. The molecule has 2 heterocycles. The van der Waals surface area contributed by atoms with Gasteiger partial charge in [0.25, 0.3) is 5.91 Å². The minimum atomic E-state index is -0.699. The summed E-state index contributed by atoms with van der Waals surface area (Å²) in [7, 11) is 0. The number of hydrogen-bond donors (Lipinski definition) is 2. The Labute approximate surface area is 198 Å². The molecule has 2 aromatic heterocycles. The Hall–Kier alpha value is -4.00. The van der Waals surface area contributed by atoms with Gasteiger partial charge in [0.1, 0.15) is 12.3 Å². The predicted molar refractivity (Wildman–Crippen MR) is 119 cm³/mol. The molecule has 0 radical (unpaired) electrons. The number of halogens is 1. The van der Waals surface area contributed by atoms with Gasteiger partial charge in [0.05, 0.1) is 10.8 Å². The van der Waals surface area contributed by atoms with Crippen molar-refractivity contribution < 1.29 is 23.8 Å². The fourth-order valence-corrected chi connectivity index (χ4v) is 3.14. The van der Waals surface area contributed by atoms with E-state index in [0.29, 0.717) is 11.4 Å². The third-order valence-corrected chi connectivity index (χ3v) is 5.11. The number of carbonyl (C=O) groups excluding carboxylic acids is 2. The summed E-state index contributed by atoms with van der Waals surface area (Å²) in [5.41, 5.74) is 2.38. The molecular weight excluding hydrogens is 470 g/mol. The van der Waals surface area contributed by atoms with E-state index in [9.17, 15) is 19.7 Å². The van der Waals surface area contributed by atoms with Gasteiger partial charge in [-0.15, -0.1) is 0 Å². The molecule has 13 nitrogen and oxygen atoms in total. The Morgan fingerprint density at radius 2 is 1.97 bits per heavy atom. The second kappa shape index (κ2) is 10.7. The number of benzene rings is 1. The molecule has 0 spiro atoms. The molecule has 0 aliphatic heterocycles. The van der Waals surface area contributed by atoms with Crippen LogP contribution in [0.1, 0.15) is 33.3 Å². The van der Waals surface area contributed by atoms with E-state index in [-0.39, 0.29) is 48.9 Å². The Morgan fingerprint density at radius 1 is 1.24 bits per heavy atom. The zero-order valence-electron chi connectivity index (χ0n) is 18.6. The average Bonchev–Trinajstić information content (AvgIpc) is 3.36. The summed E-state index contributed by atoms with van der Waals surface area (Å²) in [6.07, 6.45) is 0. The maximum atomic E-state index is 12.2. The van der Waals surface area contributed by atoms with Crippen molar-refractivity contribution >= 4 is 29.2 Å². The third-order valence-electron chi connectivity index (χ3n) is 4.66. The van der Waals surface area contributed by atoms with E-state index in [4.69, 9.17) is 20.9 Å². The Bertz CT molecular complexity index is 1220. The number of ether oxygens (including phenoxy) is 1. The van der Waals surface area contributed by atoms with Crippen LogP contribution in [-0.4, -0.2) is 56.4 Å². The van der Waals surface area contributed by atoms with Crippen LogP contribution in [0, 0.1) is 30.9 Å². The topological polar surface area (TPSA) is 167 Å². The highest BCUT2D eigenvalue weighted by molar-refractivity contribution is 6.33. The molecule has 3 rings (SSSR count). The van der Waals surface area contributed by atoms with Crippen LogP contribution in [-0.2, 0) is 11.3 Å². The van der Waals surface area contributed by atoms with Gasteiger partial charge in [0.15, 0.2) is 17.5 Å². The van der Waals surface area contributed by atoms with Crippen LogP contribution in [0.25, 0.3) is 0 Å². The molecule has 180 valence electrons. The Morgan fingerprint density at radius 3 is 2.65 bits per heavy atom. The quantitative estimate of drug-likeness (QED) is 0.243. The van der Waals surface area contributed by atoms with Crippen LogP contribution in [0.3, 0.4) is 0 Å². The summed E-state index contributed by atoms with van der Waals surface area (Å²) >= 11 is 5.90. The molecule has 0 aliphatic rings. The lowest BCUT2D eigenvalue weighted by Crippen LogP contribution is -2.36. The highest BCUT2D eigenvalue weighted by atomic mass is 35.5. The van der Waals surface area contributed by atoms with Crippen molar-refractivity contribution in [2.75, 3.05) is 19.7 Å². The van der Waals surface area contributed by atoms with E-state index in [2.05, 4.69) is 25.9 Å². The average molecular weight is 492 g/mol. The van der Waals surface area contributed by atoms with E-state index < -0.39 is 16.6 Å². The molecule has 0 saturated heterocycles. The van der Waals surface area contributed by atoms with Gasteiger partial charge in [-0.3, -0.25) is 9.59 Å². The van der Waals surface area contributed by atoms with Gasteiger partial charge in [0.2, 0.25) is 0 Å². The fourth-order valence-electron chi connectivity index (χ4n) is 2.93. The molecule has 0 saturated carbocycles. The molecule has 2 amide bonds. The van der Waals surface area contributed by atoms with E-state index in [0.717, 1.165) is 11.1 Å². The van der Waals surface area contributed by atoms with Crippen molar-refractivity contribution in [3.05, 3.63) is 61.9 Å². The van der Waals surface area contributed by atoms with E-state index >= 15 is 0 Å². The molecule has 0 unspecified atom stereocenters. The zero-order valence-corrected chi connectivity index (χ0v) is 19.4. The summed E-state index contributed by atoms with van der Waals surface area (Å²) in [4.78, 5) is 38.3. The smallest absolute Gasteiger partial charge is 0.408 e. The maximum absolute atomic E-state index is 12.2. The van der Waals surface area contributed by atoms with Gasteiger partial charge < -0.3 is 30.0 Å². The maximum Gasteiger partial charge on any atom is 0.408 e. The van der Waals surface area contributed by atoms with E-state index in [1.54, 1.807) is 13.0 Å². The van der Waals surface area contributed by atoms with Gasteiger partial charge in [-0.25, -0.2) is 0 Å². The van der Waals surface area contributed by atoms with Crippen LogP contribution in [0.2, 0.25) is 5.02 Å². The highest BCUT2D eigenvalue weighted by Crippen LogP contribution is 2.26. The summed E-state index contributed by atoms with van der Waals surface area (Å²) in [6.45, 7) is 5.47. The van der Waals surface area contributed by atoms with Gasteiger partial charge in [-0.1, -0.05) is 34.5 Å².